The van der Waals surface area contributed by atoms with Crippen LogP contribution in [0.4, 0.5) is 0 Å². The first-order valence-corrected chi connectivity index (χ1v) is 4.08. The van der Waals surface area contributed by atoms with E-state index in [-0.39, 0.29) is 6.61 Å². The molecule has 0 aromatic heterocycles. The van der Waals surface area contributed by atoms with Gasteiger partial charge >= 0.3 is 5.97 Å². The van der Waals surface area contributed by atoms with E-state index in [1.807, 2.05) is 18.2 Å². The molecule has 0 aliphatic carbocycles. The Morgan fingerprint density at radius 2 is 2.07 bits per heavy atom. The largest absolute Gasteiger partial charge is 0.458 e. The number of hydrogen-bond acceptors (Lipinski definition) is 4. The Bertz CT molecular complexity index is 303. The number of hydrogen-bond donors (Lipinski definition) is 2. The van der Waals surface area contributed by atoms with Gasteiger partial charge in [-0.15, -0.1) is 0 Å². The second kappa shape index (κ2) is 4.21. The summed E-state index contributed by atoms with van der Waals surface area (Å²) in [6.07, 6.45) is 0. The summed E-state index contributed by atoms with van der Waals surface area (Å²) in [6.45, 7) is 3.12. The van der Waals surface area contributed by atoms with E-state index in [1.54, 1.807) is 12.1 Å². The van der Waals surface area contributed by atoms with Crippen molar-refractivity contribution in [2.24, 2.45) is 5.73 Å². The molecule has 1 aromatic carbocycles. The Balaban J connectivity index is 2.46. The number of rotatable bonds is 3. The van der Waals surface area contributed by atoms with E-state index in [2.05, 4.69) is 6.92 Å². The van der Waals surface area contributed by atoms with Crippen LogP contribution in [-0.4, -0.2) is 16.8 Å². The molecule has 0 bridgehead atoms. The number of aliphatic hydroxyl groups is 1. The summed E-state index contributed by atoms with van der Waals surface area (Å²) in [5.41, 5.74) is 3.67. The van der Waals surface area contributed by atoms with Crippen LogP contribution in [0.15, 0.2) is 30.3 Å². The summed E-state index contributed by atoms with van der Waals surface area (Å²) in [4.78, 5) is 11.0. The molecule has 0 amide bonds. The normalized spacial score (nSPS) is 14.5. The number of carbonyl (C=O) groups is 1. The zero-order valence-corrected chi connectivity index (χ0v) is 7.64. The van der Waals surface area contributed by atoms with Crippen molar-refractivity contribution >= 4 is 5.97 Å². The van der Waals surface area contributed by atoms with Gasteiger partial charge in [0.15, 0.2) is 0 Å². The average molecular weight is 194 g/mol. The van der Waals surface area contributed by atoms with Crippen LogP contribution >= 0.6 is 0 Å². The van der Waals surface area contributed by atoms with Gasteiger partial charge in [0.1, 0.15) is 6.61 Å². The first kappa shape index (κ1) is 10.7. The summed E-state index contributed by atoms with van der Waals surface area (Å²) in [7, 11) is 0. The molecule has 3 N–H and O–H groups in total. The van der Waals surface area contributed by atoms with E-state index in [9.17, 15) is 4.79 Å². The van der Waals surface area contributed by atoms with Crippen molar-refractivity contribution in [2.75, 3.05) is 0 Å². The van der Waals surface area contributed by atoms with Crippen LogP contribution in [0.2, 0.25) is 0 Å². The first-order chi connectivity index (χ1) is 6.50. The van der Waals surface area contributed by atoms with Gasteiger partial charge in [-0.25, -0.2) is 4.79 Å². The average Bonchev–Trinajstić information content (AvgIpc) is 2.14. The van der Waals surface area contributed by atoms with Crippen LogP contribution in [0.5, 0.6) is 0 Å². The highest BCUT2D eigenvalue weighted by atomic mass is 16.6. The SMILES string of the molecule is [CH2]C(N)(O)C(=O)OCc1ccccc1. The zero-order valence-electron chi connectivity index (χ0n) is 7.64. The summed E-state index contributed by atoms with van der Waals surface area (Å²) in [6, 6.07) is 9.09. The Hall–Kier alpha value is -1.39. The molecule has 0 fully saturated rings. The fourth-order valence-electron chi connectivity index (χ4n) is 0.848. The van der Waals surface area contributed by atoms with Crippen LogP contribution in [0.1, 0.15) is 5.56 Å². The molecule has 0 spiro atoms. The molecule has 1 unspecified atom stereocenters. The molecule has 0 aliphatic rings. The van der Waals surface area contributed by atoms with Gasteiger partial charge in [-0.2, -0.15) is 0 Å². The minimum Gasteiger partial charge on any atom is -0.458 e. The molecule has 1 atom stereocenters. The van der Waals surface area contributed by atoms with Crippen LogP contribution in [0.3, 0.4) is 0 Å². The summed E-state index contributed by atoms with van der Waals surface area (Å²) in [5, 5.41) is 8.96. The zero-order chi connectivity index (χ0) is 10.6. The third-order valence-electron chi connectivity index (χ3n) is 1.57. The highest BCUT2D eigenvalue weighted by molar-refractivity contribution is 5.79. The predicted octanol–water partition coefficient (Wildman–Crippen LogP) is 0.211. The lowest BCUT2D eigenvalue weighted by molar-refractivity contribution is -0.161. The smallest absolute Gasteiger partial charge is 0.353 e. The molecule has 75 valence electrons. The van der Waals surface area contributed by atoms with Crippen LogP contribution < -0.4 is 5.73 Å². The van der Waals surface area contributed by atoms with Gasteiger partial charge in [0.25, 0.3) is 0 Å². The van der Waals surface area contributed by atoms with Crippen molar-refractivity contribution in [3.05, 3.63) is 42.8 Å². The quantitative estimate of drug-likeness (QED) is 0.533. The maximum absolute atomic E-state index is 11.0. The minimum absolute atomic E-state index is 0.0781. The highest BCUT2D eigenvalue weighted by Gasteiger charge is 2.26. The van der Waals surface area contributed by atoms with E-state index >= 15 is 0 Å². The van der Waals surface area contributed by atoms with Gasteiger partial charge in [0.2, 0.25) is 5.72 Å². The van der Waals surface area contributed by atoms with Gasteiger partial charge in [0, 0.05) is 6.92 Å². The van der Waals surface area contributed by atoms with Crippen molar-refractivity contribution < 1.29 is 14.6 Å². The Morgan fingerprint density at radius 3 is 2.57 bits per heavy atom. The molecular weight excluding hydrogens is 182 g/mol. The van der Waals surface area contributed by atoms with Crippen molar-refractivity contribution in [3.63, 3.8) is 0 Å². The minimum atomic E-state index is -2.17. The van der Waals surface area contributed by atoms with Crippen molar-refractivity contribution in [1.82, 2.24) is 0 Å². The molecule has 0 aliphatic heterocycles. The first-order valence-electron chi connectivity index (χ1n) is 4.08. The lowest BCUT2D eigenvalue weighted by Gasteiger charge is -2.15. The fraction of sp³-hybridized carbons (Fsp3) is 0.200. The molecule has 1 rings (SSSR count). The maximum atomic E-state index is 11.0. The third kappa shape index (κ3) is 3.16. The lowest BCUT2D eigenvalue weighted by Crippen LogP contribution is -2.46. The standard InChI is InChI=1S/C10H12NO3/c1-10(11,13)9(12)14-7-8-5-3-2-4-6-8/h2-6,13H,1,7,11H2. The van der Waals surface area contributed by atoms with Crippen molar-refractivity contribution in [2.45, 2.75) is 12.3 Å². The molecular formula is C10H12NO3. The molecule has 1 aromatic rings. The van der Waals surface area contributed by atoms with Crippen LogP contribution in [0, 0.1) is 6.92 Å². The topological polar surface area (TPSA) is 72.5 Å². The third-order valence-corrected chi connectivity index (χ3v) is 1.57. The predicted molar refractivity (Wildman–Crippen MR) is 50.7 cm³/mol. The monoisotopic (exact) mass is 194 g/mol. The number of benzene rings is 1. The van der Waals surface area contributed by atoms with E-state index in [0.29, 0.717) is 0 Å². The van der Waals surface area contributed by atoms with E-state index in [4.69, 9.17) is 15.6 Å². The van der Waals surface area contributed by atoms with E-state index < -0.39 is 11.7 Å². The molecule has 4 nitrogen and oxygen atoms in total. The Morgan fingerprint density at radius 1 is 1.50 bits per heavy atom. The lowest BCUT2D eigenvalue weighted by atomic mass is 10.2. The fourth-order valence-corrected chi connectivity index (χ4v) is 0.848. The summed E-state index contributed by atoms with van der Waals surface area (Å²) >= 11 is 0. The van der Waals surface area contributed by atoms with Crippen molar-refractivity contribution in [3.8, 4) is 0 Å². The number of esters is 1. The van der Waals surface area contributed by atoms with Gasteiger partial charge in [-0.1, -0.05) is 30.3 Å². The number of carbonyl (C=O) groups excluding carboxylic acids is 1. The van der Waals surface area contributed by atoms with Crippen molar-refractivity contribution in [1.29, 1.82) is 0 Å². The van der Waals surface area contributed by atoms with Gasteiger partial charge in [0.05, 0.1) is 0 Å². The molecule has 0 saturated heterocycles. The number of ether oxygens (including phenoxy) is 1. The molecule has 1 radical (unpaired) electrons. The maximum Gasteiger partial charge on any atom is 0.353 e. The van der Waals surface area contributed by atoms with E-state index in [1.165, 1.54) is 0 Å². The van der Waals surface area contributed by atoms with Crippen LogP contribution in [0.25, 0.3) is 0 Å². The second-order valence-electron chi connectivity index (χ2n) is 2.99. The molecule has 0 saturated carbocycles. The number of nitrogens with two attached hydrogens (primary N) is 1. The molecule has 14 heavy (non-hydrogen) atoms. The summed E-state index contributed by atoms with van der Waals surface area (Å²) < 4.78 is 4.72. The molecule has 0 heterocycles. The second-order valence-corrected chi connectivity index (χ2v) is 2.99. The molecule has 4 heteroatoms. The van der Waals surface area contributed by atoms with Crippen LogP contribution in [-0.2, 0) is 16.1 Å². The Kier molecular flexibility index (Phi) is 3.22. The van der Waals surface area contributed by atoms with Gasteiger partial charge in [-0.05, 0) is 5.56 Å². The van der Waals surface area contributed by atoms with E-state index in [0.717, 1.165) is 5.56 Å². The highest BCUT2D eigenvalue weighted by Crippen LogP contribution is 2.03. The van der Waals surface area contributed by atoms with Gasteiger partial charge < -0.3 is 9.84 Å². The van der Waals surface area contributed by atoms with Gasteiger partial charge in [-0.3, -0.25) is 5.73 Å². The Labute approximate surface area is 82.3 Å². The summed E-state index contributed by atoms with van der Waals surface area (Å²) in [5.74, 6) is -0.943.